The van der Waals surface area contributed by atoms with Crippen molar-refractivity contribution in [2.45, 2.75) is 13.0 Å². The van der Waals surface area contributed by atoms with Gasteiger partial charge in [0.2, 0.25) is 5.95 Å². The van der Waals surface area contributed by atoms with Crippen LogP contribution in [0.1, 0.15) is 16.8 Å². The molecule has 0 radical (unpaired) electrons. The number of methoxy groups -OCH3 is 1. The molecule has 2 aromatic carbocycles. The minimum atomic E-state index is 0.177. The van der Waals surface area contributed by atoms with Gasteiger partial charge in [0, 0.05) is 37.9 Å². The first-order chi connectivity index (χ1) is 17.1. The van der Waals surface area contributed by atoms with Crippen LogP contribution < -0.4 is 15.3 Å². The largest absolute Gasteiger partial charge is 0.468 e. The normalized spacial score (nSPS) is 11.1. The molecule has 0 amide bonds. The third-order valence-corrected chi connectivity index (χ3v) is 5.53. The highest BCUT2D eigenvalue weighted by molar-refractivity contribution is 5.81. The van der Waals surface area contributed by atoms with E-state index >= 15 is 0 Å². The second-order valence-electron chi connectivity index (χ2n) is 8.13. The van der Waals surface area contributed by atoms with E-state index in [9.17, 15) is 0 Å². The lowest BCUT2D eigenvalue weighted by atomic mass is 10.0. The SMILES string of the molecule is COCOc1cccc(COn2c(N)nc3cc(-c4cnn(C)c4)c(Cc4ccccc4)nc32)c1. The number of hydrogen-bond acceptors (Lipinski definition) is 7. The van der Waals surface area contributed by atoms with Crippen LogP contribution >= 0.6 is 0 Å². The van der Waals surface area contributed by atoms with Gasteiger partial charge >= 0.3 is 0 Å². The van der Waals surface area contributed by atoms with Gasteiger partial charge in [-0.1, -0.05) is 42.5 Å². The molecule has 0 atom stereocenters. The molecule has 0 aliphatic rings. The Balaban J connectivity index is 1.50. The van der Waals surface area contributed by atoms with Crippen molar-refractivity contribution in [2.75, 3.05) is 19.6 Å². The van der Waals surface area contributed by atoms with Gasteiger partial charge in [0.15, 0.2) is 12.4 Å². The molecule has 0 aliphatic carbocycles. The molecule has 5 rings (SSSR count). The first-order valence-electron chi connectivity index (χ1n) is 11.2. The number of nitrogens with two attached hydrogens (primary N) is 1. The first-order valence-corrected chi connectivity index (χ1v) is 11.2. The lowest BCUT2D eigenvalue weighted by Crippen LogP contribution is -2.15. The molecule has 0 aliphatic heterocycles. The molecule has 3 aromatic heterocycles. The number of benzene rings is 2. The van der Waals surface area contributed by atoms with Crippen LogP contribution in [-0.2, 0) is 24.8 Å². The molecule has 0 spiro atoms. The monoisotopic (exact) mass is 470 g/mol. The van der Waals surface area contributed by atoms with Crippen LogP contribution in [-0.4, -0.2) is 38.4 Å². The maximum Gasteiger partial charge on any atom is 0.237 e. The molecular formula is C26H26N6O3. The van der Waals surface area contributed by atoms with E-state index in [0.717, 1.165) is 27.9 Å². The van der Waals surface area contributed by atoms with Gasteiger partial charge in [-0.3, -0.25) is 4.68 Å². The number of rotatable bonds is 9. The molecule has 0 saturated heterocycles. The molecule has 0 saturated carbocycles. The van der Waals surface area contributed by atoms with E-state index in [0.29, 0.717) is 23.3 Å². The van der Waals surface area contributed by atoms with Crippen LogP contribution in [0.2, 0.25) is 0 Å². The van der Waals surface area contributed by atoms with Gasteiger partial charge in [-0.05, 0) is 29.3 Å². The second kappa shape index (κ2) is 9.86. The number of fused-ring (bicyclic) bond motifs is 1. The quantitative estimate of drug-likeness (QED) is 0.328. The number of ether oxygens (including phenoxy) is 2. The minimum Gasteiger partial charge on any atom is -0.468 e. The standard InChI is InChI=1S/C26H26N6O3/c1-31-15-20(14-28-31)22-13-24-25(29-23(22)12-18-7-4-3-5-8-18)32(26(27)30-24)35-16-19-9-6-10-21(11-19)34-17-33-2/h3-11,13-15H,12,16-17H2,1-2H3,(H2,27,30). The Kier molecular flexibility index (Phi) is 6.32. The van der Waals surface area contributed by atoms with Crippen molar-refractivity contribution >= 4 is 17.1 Å². The Morgan fingerprint density at radius 3 is 2.57 bits per heavy atom. The second-order valence-corrected chi connectivity index (χ2v) is 8.13. The van der Waals surface area contributed by atoms with Crippen LogP contribution in [0.3, 0.4) is 0 Å². The number of hydrogen-bond donors (Lipinski definition) is 1. The first kappa shape index (κ1) is 22.4. The summed E-state index contributed by atoms with van der Waals surface area (Å²) in [7, 11) is 3.47. The van der Waals surface area contributed by atoms with Crippen molar-refractivity contribution in [2.24, 2.45) is 7.05 Å². The summed E-state index contributed by atoms with van der Waals surface area (Å²) in [6.45, 7) is 0.441. The summed E-state index contributed by atoms with van der Waals surface area (Å²) in [6, 6.07) is 19.8. The van der Waals surface area contributed by atoms with Gasteiger partial charge in [-0.2, -0.15) is 5.10 Å². The molecule has 2 N–H and O–H groups in total. The fourth-order valence-corrected chi connectivity index (χ4v) is 3.89. The van der Waals surface area contributed by atoms with Crippen molar-refractivity contribution in [1.82, 2.24) is 24.5 Å². The van der Waals surface area contributed by atoms with Crippen LogP contribution in [0.5, 0.6) is 5.75 Å². The van der Waals surface area contributed by atoms with E-state index in [2.05, 4.69) is 22.2 Å². The van der Waals surface area contributed by atoms with Gasteiger partial charge < -0.3 is 20.0 Å². The predicted molar refractivity (Wildman–Crippen MR) is 133 cm³/mol. The van der Waals surface area contributed by atoms with Gasteiger partial charge in [0.1, 0.15) is 17.9 Å². The maximum atomic E-state index is 6.24. The Morgan fingerprint density at radius 2 is 1.80 bits per heavy atom. The zero-order valence-electron chi connectivity index (χ0n) is 19.6. The average Bonchev–Trinajstić information content (AvgIpc) is 3.43. The summed E-state index contributed by atoms with van der Waals surface area (Å²) >= 11 is 0. The molecular weight excluding hydrogens is 444 g/mol. The smallest absolute Gasteiger partial charge is 0.237 e. The maximum absolute atomic E-state index is 6.24. The van der Waals surface area contributed by atoms with Crippen molar-refractivity contribution in [1.29, 1.82) is 0 Å². The average molecular weight is 471 g/mol. The fourth-order valence-electron chi connectivity index (χ4n) is 3.89. The Labute approximate surface area is 202 Å². The van der Waals surface area contributed by atoms with Gasteiger partial charge in [-0.15, -0.1) is 4.73 Å². The minimum absolute atomic E-state index is 0.177. The Bertz CT molecular complexity index is 1440. The van der Waals surface area contributed by atoms with Gasteiger partial charge in [-0.25, -0.2) is 9.97 Å². The predicted octanol–water partition coefficient (Wildman–Crippen LogP) is 3.62. The molecule has 9 heteroatoms. The van der Waals surface area contributed by atoms with Crippen molar-refractivity contribution in [3.63, 3.8) is 0 Å². The van der Waals surface area contributed by atoms with Crippen LogP contribution in [0.25, 0.3) is 22.3 Å². The highest BCUT2D eigenvalue weighted by atomic mass is 16.7. The number of nitrogens with zero attached hydrogens (tertiary/aromatic N) is 5. The van der Waals surface area contributed by atoms with Crippen molar-refractivity contribution in [3.8, 4) is 16.9 Å². The number of aryl methyl sites for hydroxylation is 1. The molecule has 0 bridgehead atoms. The number of aromatic nitrogens is 5. The summed E-state index contributed by atoms with van der Waals surface area (Å²) in [5, 5.41) is 4.33. The molecule has 5 aromatic rings. The molecule has 178 valence electrons. The highest BCUT2D eigenvalue weighted by Gasteiger charge is 2.18. The van der Waals surface area contributed by atoms with E-state index in [4.69, 9.17) is 25.0 Å². The molecule has 0 fully saturated rings. The third-order valence-electron chi connectivity index (χ3n) is 5.53. The number of pyridine rings is 1. The Morgan fingerprint density at radius 1 is 0.971 bits per heavy atom. The van der Waals surface area contributed by atoms with E-state index in [-0.39, 0.29) is 19.3 Å². The fraction of sp³-hybridized carbons (Fsp3) is 0.192. The lowest BCUT2D eigenvalue weighted by Gasteiger charge is -2.12. The molecule has 3 heterocycles. The van der Waals surface area contributed by atoms with Gasteiger partial charge in [0.25, 0.3) is 0 Å². The molecule has 0 unspecified atom stereocenters. The number of imidazole rings is 1. The van der Waals surface area contributed by atoms with Crippen molar-refractivity contribution < 1.29 is 14.3 Å². The molecule has 35 heavy (non-hydrogen) atoms. The summed E-state index contributed by atoms with van der Waals surface area (Å²) in [4.78, 5) is 15.5. The van der Waals surface area contributed by atoms with E-state index in [1.54, 1.807) is 11.8 Å². The molecule has 9 nitrogen and oxygen atoms in total. The van der Waals surface area contributed by atoms with Crippen LogP contribution in [0, 0.1) is 0 Å². The van der Waals surface area contributed by atoms with E-state index in [1.165, 1.54) is 4.73 Å². The summed E-state index contributed by atoms with van der Waals surface area (Å²) in [6.07, 6.45) is 4.44. The van der Waals surface area contributed by atoms with E-state index in [1.807, 2.05) is 68.0 Å². The van der Waals surface area contributed by atoms with Crippen molar-refractivity contribution in [3.05, 3.63) is 89.9 Å². The zero-order chi connectivity index (χ0) is 24.2. The number of anilines is 1. The van der Waals surface area contributed by atoms with Crippen LogP contribution in [0.4, 0.5) is 5.95 Å². The van der Waals surface area contributed by atoms with E-state index < -0.39 is 0 Å². The van der Waals surface area contributed by atoms with Gasteiger partial charge in [0.05, 0.1) is 11.9 Å². The van der Waals surface area contributed by atoms with Crippen LogP contribution in [0.15, 0.2) is 73.1 Å². The summed E-state index contributed by atoms with van der Waals surface area (Å²) in [5.41, 5.74) is 12.3. The third kappa shape index (κ3) is 4.95. The summed E-state index contributed by atoms with van der Waals surface area (Å²) < 4.78 is 13.7. The lowest BCUT2D eigenvalue weighted by molar-refractivity contribution is 0.0508. The highest BCUT2D eigenvalue weighted by Crippen LogP contribution is 2.29. The Hall–Kier alpha value is -4.37. The summed E-state index contributed by atoms with van der Waals surface area (Å²) in [5.74, 6) is 0.925. The zero-order valence-corrected chi connectivity index (χ0v) is 19.6. The topological polar surface area (TPSA) is 102 Å². The number of nitrogen functional groups attached to an aromatic ring is 1.